The molecule has 1 aromatic carbocycles. The van der Waals surface area contributed by atoms with Crippen molar-refractivity contribution < 1.29 is 4.79 Å². The molecule has 2 atom stereocenters. The van der Waals surface area contributed by atoms with Gasteiger partial charge in [0.1, 0.15) is 5.56 Å². The van der Waals surface area contributed by atoms with Crippen molar-refractivity contribution >= 4 is 5.91 Å². The predicted octanol–water partition coefficient (Wildman–Crippen LogP) is 3.60. The molecule has 0 unspecified atom stereocenters. The Hall–Kier alpha value is -2.40. The lowest BCUT2D eigenvalue weighted by Gasteiger charge is -2.45. The normalized spacial score (nSPS) is 25.2. The summed E-state index contributed by atoms with van der Waals surface area (Å²) in [6, 6.07) is 14.3. The molecule has 0 radical (unpaired) electrons. The number of rotatable bonds is 3. The summed E-state index contributed by atoms with van der Waals surface area (Å²) in [6.07, 6.45) is 5.76. The molecule has 2 aromatic rings. The SMILES string of the molecule is Cc1ccc(C(=O)N2C[C@H]3CN(Cc4ccccc4)C[C@@H]3C23CCCCC3)c(=O)n1C. The average Bonchev–Trinajstić information content (AvgIpc) is 3.30. The second-order valence-electron chi connectivity index (χ2n) is 9.88. The van der Waals surface area contributed by atoms with Gasteiger partial charge in [0.25, 0.3) is 11.5 Å². The van der Waals surface area contributed by atoms with Crippen molar-refractivity contribution in [2.45, 2.75) is 51.1 Å². The number of carbonyl (C=O) groups is 1. The van der Waals surface area contributed by atoms with Crippen molar-refractivity contribution in [3.63, 3.8) is 0 Å². The second-order valence-corrected chi connectivity index (χ2v) is 9.88. The van der Waals surface area contributed by atoms with E-state index in [-0.39, 0.29) is 17.0 Å². The van der Waals surface area contributed by atoms with E-state index >= 15 is 0 Å². The molecule has 31 heavy (non-hydrogen) atoms. The number of hydrogen-bond acceptors (Lipinski definition) is 3. The molecular formula is C26H33N3O2. The highest BCUT2D eigenvalue weighted by atomic mass is 16.2. The number of aryl methyl sites for hydroxylation is 1. The fourth-order valence-corrected chi connectivity index (χ4v) is 6.47. The highest BCUT2D eigenvalue weighted by molar-refractivity contribution is 5.94. The molecule has 3 aliphatic rings. The highest BCUT2D eigenvalue weighted by Gasteiger charge is 2.58. The zero-order valence-corrected chi connectivity index (χ0v) is 18.7. The van der Waals surface area contributed by atoms with E-state index in [2.05, 4.69) is 40.1 Å². The summed E-state index contributed by atoms with van der Waals surface area (Å²) >= 11 is 0. The monoisotopic (exact) mass is 419 g/mol. The van der Waals surface area contributed by atoms with Crippen molar-refractivity contribution in [2.24, 2.45) is 18.9 Å². The third kappa shape index (κ3) is 3.43. The van der Waals surface area contributed by atoms with E-state index in [9.17, 15) is 9.59 Å². The van der Waals surface area contributed by atoms with Gasteiger partial charge in [0, 0.05) is 50.4 Å². The van der Waals surface area contributed by atoms with Crippen LogP contribution in [0.4, 0.5) is 0 Å². The van der Waals surface area contributed by atoms with E-state index in [1.165, 1.54) is 24.8 Å². The van der Waals surface area contributed by atoms with Crippen LogP contribution in [0.5, 0.6) is 0 Å². The van der Waals surface area contributed by atoms with Gasteiger partial charge in [0.05, 0.1) is 0 Å². The maximum absolute atomic E-state index is 13.7. The first-order valence-electron chi connectivity index (χ1n) is 11.7. The van der Waals surface area contributed by atoms with Crippen molar-refractivity contribution in [3.05, 3.63) is 69.6 Å². The predicted molar refractivity (Wildman–Crippen MR) is 122 cm³/mol. The Balaban J connectivity index is 1.42. The number of pyridine rings is 1. The van der Waals surface area contributed by atoms with Gasteiger partial charge < -0.3 is 9.47 Å². The molecule has 164 valence electrons. The van der Waals surface area contributed by atoms with Gasteiger partial charge in [-0.15, -0.1) is 0 Å². The topological polar surface area (TPSA) is 45.6 Å². The molecular weight excluding hydrogens is 386 g/mol. The quantitative estimate of drug-likeness (QED) is 0.764. The molecule has 0 bridgehead atoms. The van der Waals surface area contributed by atoms with Crippen LogP contribution < -0.4 is 5.56 Å². The Bertz CT molecular complexity index is 1020. The standard InChI is InChI=1S/C26H33N3O2/c1-19-11-12-22(24(30)27(19)2)25(31)29-17-21-16-28(15-20-9-5-3-6-10-20)18-23(21)26(29)13-7-4-8-14-26/h3,5-6,9-12,21,23H,4,7-8,13-18H2,1-2H3/t21-,23+/m1/s1. The maximum Gasteiger partial charge on any atom is 0.263 e. The van der Waals surface area contributed by atoms with E-state index in [1.807, 2.05) is 13.0 Å². The van der Waals surface area contributed by atoms with Gasteiger partial charge in [0.2, 0.25) is 0 Å². The summed E-state index contributed by atoms with van der Waals surface area (Å²) in [7, 11) is 1.75. The Morgan fingerprint density at radius 2 is 1.74 bits per heavy atom. The van der Waals surface area contributed by atoms with Crippen LogP contribution in [0.1, 0.15) is 53.7 Å². The van der Waals surface area contributed by atoms with Crippen LogP contribution in [-0.2, 0) is 13.6 Å². The average molecular weight is 420 g/mol. The van der Waals surface area contributed by atoms with Gasteiger partial charge >= 0.3 is 0 Å². The first-order chi connectivity index (χ1) is 15.0. The van der Waals surface area contributed by atoms with Crippen molar-refractivity contribution in [3.8, 4) is 0 Å². The minimum absolute atomic E-state index is 0.0495. The molecule has 3 fully saturated rings. The van der Waals surface area contributed by atoms with Gasteiger partial charge in [-0.05, 0) is 43.4 Å². The van der Waals surface area contributed by atoms with Gasteiger partial charge in [-0.3, -0.25) is 14.5 Å². The first-order valence-corrected chi connectivity index (χ1v) is 11.7. The number of benzene rings is 1. The minimum atomic E-state index is -0.168. The van der Waals surface area contributed by atoms with Gasteiger partial charge in [-0.2, -0.15) is 0 Å². The van der Waals surface area contributed by atoms with Crippen molar-refractivity contribution in [2.75, 3.05) is 19.6 Å². The highest BCUT2D eigenvalue weighted by Crippen LogP contribution is 2.51. The van der Waals surface area contributed by atoms with Crippen LogP contribution in [-0.4, -0.2) is 45.4 Å². The number of nitrogens with zero attached hydrogens (tertiary/aromatic N) is 3. The number of hydrogen-bond donors (Lipinski definition) is 0. The van der Waals surface area contributed by atoms with Crippen LogP contribution in [0.15, 0.2) is 47.3 Å². The van der Waals surface area contributed by atoms with Crippen LogP contribution in [0, 0.1) is 18.8 Å². The summed E-state index contributed by atoms with van der Waals surface area (Å²) in [5, 5.41) is 0. The van der Waals surface area contributed by atoms with Gasteiger partial charge in [-0.25, -0.2) is 0 Å². The van der Waals surface area contributed by atoms with Gasteiger partial charge in [-0.1, -0.05) is 49.6 Å². The van der Waals surface area contributed by atoms with Crippen molar-refractivity contribution in [1.82, 2.24) is 14.4 Å². The first kappa shape index (κ1) is 20.5. The van der Waals surface area contributed by atoms with Crippen molar-refractivity contribution in [1.29, 1.82) is 0 Å². The molecule has 3 heterocycles. The molecule has 5 heteroatoms. The smallest absolute Gasteiger partial charge is 0.263 e. The van der Waals surface area contributed by atoms with Crippen LogP contribution in [0.3, 0.4) is 0 Å². The summed E-state index contributed by atoms with van der Waals surface area (Å²) in [5.74, 6) is 0.960. The second kappa shape index (κ2) is 7.94. The zero-order chi connectivity index (χ0) is 21.6. The van der Waals surface area contributed by atoms with E-state index in [1.54, 1.807) is 17.7 Å². The lowest BCUT2D eigenvalue weighted by atomic mass is 9.71. The molecule has 0 N–H and O–H groups in total. The van der Waals surface area contributed by atoms with Crippen LogP contribution in [0.2, 0.25) is 0 Å². The Morgan fingerprint density at radius 1 is 1.00 bits per heavy atom. The summed E-state index contributed by atoms with van der Waals surface area (Å²) < 4.78 is 1.60. The van der Waals surface area contributed by atoms with E-state index in [0.717, 1.165) is 44.7 Å². The molecule has 1 spiro atoms. The minimum Gasteiger partial charge on any atom is -0.332 e. The number of aromatic nitrogens is 1. The van der Waals surface area contributed by atoms with E-state index < -0.39 is 0 Å². The third-order valence-electron chi connectivity index (χ3n) is 8.16. The molecule has 1 amide bonds. The maximum atomic E-state index is 13.7. The lowest BCUT2D eigenvalue weighted by Crippen LogP contribution is -2.54. The summed E-state index contributed by atoms with van der Waals surface area (Å²) in [6.45, 7) is 5.76. The fourth-order valence-electron chi connectivity index (χ4n) is 6.47. The summed E-state index contributed by atoms with van der Waals surface area (Å²) in [4.78, 5) is 31.3. The van der Waals surface area contributed by atoms with Crippen LogP contribution >= 0.6 is 0 Å². The van der Waals surface area contributed by atoms with Crippen LogP contribution in [0.25, 0.3) is 0 Å². The number of likely N-dealkylation sites (tertiary alicyclic amines) is 2. The molecule has 1 aliphatic carbocycles. The molecule has 1 saturated carbocycles. The Labute approximate surface area is 184 Å². The number of carbonyl (C=O) groups excluding carboxylic acids is 1. The molecule has 1 aromatic heterocycles. The fraction of sp³-hybridized carbons (Fsp3) is 0.538. The van der Waals surface area contributed by atoms with Gasteiger partial charge in [0.15, 0.2) is 0 Å². The molecule has 2 saturated heterocycles. The molecule has 2 aliphatic heterocycles. The molecule has 5 nitrogen and oxygen atoms in total. The number of fused-ring (bicyclic) bond motifs is 2. The number of amides is 1. The van der Waals surface area contributed by atoms with E-state index in [0.29, 0.717) is 17.4 Å². The third-order valence-corrected chi connectivity index (χ3v) is 8.16. The Kier molecular flexibility index (Phi) is 5.25. The van der Waals surface area contributed by atoms with E-state index in [4.69, 9.17) is 0 Å². The summed E-state index contributed by atoms with van der Waals surface area (Å²) in [5.41, 5.74) is 2.32. The molecule has 5 rings (SSSR count). The largest absolute Gasteiger partial charge is 0.332 e. The lowest BCUT2D eigenvalue weighted by molar-refractivity contribution is 0.0344. The zero-order valence-electron chi connectivity index (χ0n) is 18.7. The Morgan fingerprint density at radius 3 is 2.48 bits per heavy atom.